The maximum absolute atomic E-state index is 10.8. The van der Waals surface area contributed by atoms with Crippen LogP contribution < -0.4 is 0 Å². The highest BCUT2D eigenvalue weighted by Gasteiger charge is 2.51. The summed E-state index contributed by atoms with van der Waals surface area (Å²) in [7, 11) is 1.19. The molecule has 0 radical (unpaired) electrons. The normalized spacial score (nSPS) is 51.3. The first-order valence-corrected chi connectivity index (χ1v) is 11.0. The van der Waals surface area contributed by atoms with Gasteiger partial charge in [-0.15, -0.1) is 0 Å². The van der Waals surface area contributed by atoms with Crippen molar-refractivity contribution in [1.82, 2.24) is 0 Å². The van der Waals surface area contributed by atoms with Crippen LogP contribution in [-0.2, 0) is 28.4 Å². The summed E-state index contributed by atoms with van der Waals surface area (Å²) in [4.78, 5) is 0. The zero-order valence-corrected chi connectivity index (χ0v) is 18.7. The van der Waals surface area contributed by atoms with Crippen molar-refractivity contribution in [3.8, 4) is 0 Å². The molecule has 15 atom stereocenters. The number of ether oxygens (including phenoxy) is 6. The number of hydrogen-bond donors (Lipinski definition) is 10. The van der Waals surface area contributed by atoms with Crippen LogP contribution in [0.1, 0.15) is 0 Å². The fourth-order valence-corrected chi connectivity index (χ4v) is 4.13. The van der Waals surface area contributed by atoms with Crippen LogP contribution in [0.2, 0.25) is 0 Å². The van der Waals surface area contributed by atoms with Gasteiger partial charge >= 0.3 is 0 Å². The predicted octanol–water partition coefficient (Wildman–Crippen LogP) is -6.92. The van der Waals surface area contributed by atoms with E-state index in [1.54, 1.807) is 0 Å². The number of aliphatic hydroxyl groups is 10. The molecule has 3 rings (SSSR count). The molecule has 3 fully saturated rings. The smallest absolute Gasteiger partial charge is 0.187 e. The highest BCUT2D eigenvalue weighted by Crippen LogP contribution is 2.30. The number of methoxy groups -OCH3 is 1. The monoisotopic (exact) mass is 518 g/mol. The van der Waals surface area contributed by atoms with Gasteiger partial charge in [-0.25, -0.2) is 0 Å². The molecule has 3 heterocycles. The molecule has 3 aliphatic heterocycles. The zero-order chi connectivity index (χ0) is 26.0. The second-order valence-corrected chi connectivity index (χ2v) is 8.59. The summed E-state index contributed by atoms with van der Waals surface area (Å²) in [5, 5.41) is 99.9. The quantitative estimate of drug-likeness (QED) is 0.143. The third-order valence-corrected chi connectivity index (χ3v) is 6.29. The van der Waals surface area contributed by atoms with Crippen molar-refractivity contribution in [3.63, 3.8) is 0 Å². The van der Waals surface area contributed by atoms with E-state index in [-0.39, 0.29) is 0 Å². The van der Waals surface area contributed by atoms with E-state index in [0.717, 1.165) is 0 Å². The number of rotatable bonds is 8. The molecule has 3 aliphatic rings. The Bertz CT molecular complexity index is 652. The van der Waals surface area contributed by atoms with Crippen molar-refractivity contribution >= 4 is 0 Å². The van der Waals surface area contributed by atoms with Gasteiger partial charge < -0.3 is 79.5 Å². The van der Waals surface area contributed by atoms with Crippen LogP contribution in [0.4, 0.5) is 0 Å². The van der Waals surface area contributed by atoms with Gasteiger partial charge in [0.1, 0.15) is 73.2 Å². The van der Waals surface area contributed by atoms with Crippen molar-refractivity contribution in [2.24, 2.45) is 0 Å². The molecule has 16 heteroatoms. The largest absolute Gasteiger partial charge is 0.394 e. The van der Waals surface area contributed by atoms with E-state index in [9.17, 15) is 51.1 Å². The molecule has 35 heavy (non-hydrogen) atoms. The average molecular weight is 518 g/mol. The van der Waals surface area contributed by atoms with Gasteiger partial charge in [0.25, 0.3) is 0 Å². The topological polar surface area (TPSA) is 258 Å². The van der Waals surface area contributed by atoms with Gasteiger partial charge in [-0.05, 0) is 0 Å². The SMILES string of the molecule is CO[C@@H]1O[C@H](CO[C@@H]2O[C@H](CO)[C@@H](O)[C@H](O)[C@H]2O)[C@@H](O)[C@H](O[C@@H]2O[C@H](CO)[C@@H](O)[C@H](O)[C@H]2O)[C@H]1O. The maximum atomic E-state index is 10.8. The summed E-state index contributed by atoms with van der Waals surface area (Å²) in [6, 6.07) is 0. The van der Waals surface area contributed by atoms with Crippen LogP contribution in [0.25, 0.3) is 0 Å². The van der Waals surface area contributed by atoms with Gasteiger partial charge in [-0.3, -0.25) is 0 Å². The molecule has 0 spiro atoms. The minimum atomic E-state index is -1.81. The summed E-state index contributed by atoms with van der Waals surface area (Å²) in [5.74, 6) is 0. The lowest BCUT2D eigenvalue weighted by Gasteiger charge is -2.46. The molecule has 0 aliphatic carbocycles. The van der Waals surface area contributed by atoms with Gasteiger partial charge in [-0.2, -0.15) is 0 Å². The van der Waals surface area contributed by atoms with Gasteiger partial charge in [0.2, 0.25) is 0 Å². The zero-order valence-electron chi connectivity index (χ0n) is 18.7. The second kappa shape index (κ2) is 12.3. The van der Waals surface area contributed by atoms with Gasteiger partial charge in [0.05, 0.1) is 19.8 Å². The fraction of sp³-hybridized carbons (Fsp3) is 1.00. The molecule has 0 bridgehead atoms. The fourth-order valence-electron chi connectivity index (χ4n) is 4.13. The molecule has 10 N–H and O–H groups in total. The van der Waals surface area contributed by atoms with Crippen molar-refractivity contribution in [2.75, 3.05) is 26.9 Å². The third-order valence-electron chi connectivity index (χ3n) is 6.29. The molecule has 0 aromatic heterocycles. The van der Waals surface area contributed by atoms with Crippen molar-refractivity contribution in [3.05, 3.63) is 0 Å². The average Bonchev–Trinajstić information content (AvgIpc) is 2.85. The maximum Gasteiger partial charge on any atom is 0.187 e. The van der Waals surface area contributed by atoms with Crippen molar-refractivity contribution < 1.29 is 79.5 Å². The van der Waals surface area contributed by atoms with Crippen LogP contribution >= 0.6 is 0 Å². The second-order valence-electron chi connectivity index (χ2n) is 8.59. The standard InChI is InChI=1S/C19H34O16/c1-30-17-15(29)16(35-19-14(28)12(26)9(23)6(3-21)33-19)10(24)7(34-17)4-31-18-13(27)11(25)8(22)5(2-20)32-18/h5-29H,2-4H2,1H3/t5-,6-,7-,8-,9-,10-,11+,12+,13-,14-,15-,16+,17-,18-,19+/m1/s1. The first-order valence-electron chi connectivity index (χ1n) is 11.0. The number of aliphatic hydroxyl groups excluding tert-OH is 10. The summed E-state index contributed by atoms with van der Waals surface area (Å²) < 4.78 is 31.9. The molecule has 16 nitrogen and oxygen atoms in total. The molecule has 0 amide bonds. The highest BCUT2D eigenvalue weighted by molar-refractivity contribution is 4.95. The van der Waals surface area contributed by atoms with Crippen LogP contribution in [0, 0.1) is 0 Å². The van der Waals surface area contributed by atoms with Gasteiger partial charge in [0.15, 0.2) is 18.9 Å². The van der Waals surface area contributed by atoms with E-state index >= 15 is 0 Å². The molecular weight excluding hydrogens is 484 g/mol. The summed E-state index contributed by atoms with van der Waals surface area (Å²) >= 11 is 0. The van der Waals surface area contributed by atoms with E-state index in [2.05, 4.69) is 0 Å². The first kappa shape index (κ1) is 28.9. The molecular formula is C19H34O16. The summed E-state index contributed by atoms with van der Waals surface area (Å²) in [6.45, 7) is -1.93. The molecule has 0 unspecified atom stereocenters. The Morgan fingerprint density at radius 3 is 1.54 bits per heavy atom. The minimum absolute atomic E-state index is 0.523. The predicted molar refractivity (Wildman–Crippen MR) is 106 cm³/mol. The Morgan fingerprint density at radius 2 is 1.03 bits per heavy atom. The van der Waals surface area contributed by atoms with Crippen molar-refractivity contribution in [1.29, 1.82) is 0 Å². The van der Waals surface area contributed by atoms with Crippen LogP contribution in [0.15, 0.2) is 0 Å². The molecule has 0 aromatic carbocycles. The first-order chi connectivity index (χ1) is 16.5. The van der Waals surface area contributed by atoms with Crippen molar-refractivity contribution in [2.45, 2.75) is 92.1 Å². The Morgan fingerprint density at radius 1 is 0.543 bits per heavy atom. The summed E-state index contributed by atoms with van der Waals surface area (Å²) in [5.41, 5.74) is 0. The van der Waals surface area contributed by atoms with Crippen LogP contribution in [0.3, 0.4) is 0 Å². The van der Waals surface area contributed by atoms with Crippen LogP contribution in [0.5, 0.6) is 0 Å². The minimum Gasteiger partial charge on any atom is -0.394 e. The molecule has 206 valence electrons. The van der Waals surface area contributed by atoms with Gasteiger partial charge in [0, 0.05) is 7.11 Å². The van der Waals surface area contributed by atoms with E-state index in [0.29, 0.717) is 0 Å². The summed E-state index contributed by atoms with van der Waals surface area (Å²) in [6.07, 6.45) is -23.5. The highest BCUT2D eigenvalue weighted by atomic mass is 16.7. The lowest BCUT2D eigenvalue weighted by atomic mass is 9.97. The van der Waals surface area contributed by atoms with E-state index in [1.165, 1.54) is 7.11 Å². The van der Waals surface area contributed by atoms with E-state index < -0.39 is 112 Å². The van der Waals surface area contributed by atoms with E-state index in [1.807, 2.05) is 0 Å². The lowest BCUT2D eigenvalue weighted by Crippen LogP contribution is -2.65. The Labute approximate surface area is 199 Å². The molecule has 3 saturated heterocycles. The van der Waals surface area contributed by atoms with Gasteiger partial charge in [-0.1, -0.05) is 0 Å². The van der Waals surface area contributed by atoms with E-state index in [4.69, 9.17) is 28.4 Å². The molecule has 0 saturated carbocycles. The van der Waals surface area contributed by atoms with Crippen LogP contribution in [-0.4, -0.2) is 170 Å². The Balaban J connectivity index is 1.69. The number of hydrogen-bond acceptors (Lipinski definition) is 16. The Hall–Kier alpha value is -0.640. The third kappa shape index (κ3) is 5.93. The lowest BCUT2D eigenvalue weighted by molar-refractivity contribution is -0.364. The molecule has 0 aromatic rings. The Kier molecular flexibility index (Phi) is 10.1.